The second-order valence-corrected chi connectivity index (χ2v) is 8.30. The Hall–Kier alpha value is -1.69. The van der Waals surface area contributed by atoms with Gasteiger partial charge in [-0.05, 0) is 27.7 Å². The van der Waals surface area contributed by atoms with Crippen LogP contribution in [-0.2, 0) is 14.4 Å². The summed E-state index contributed by atoms with van der Waals surface area (Å²) in [6.45, 7) is 5.82. The molecule has 0 rings (SSSR count). The molecule has 0 aliphatic heterocycles. The Morgan fingerprint density at radius 1 is 1.04 bits per heavy atom. The molecule has 0 spiro atoms. The number of aliphatic carboxylic acids is 1. The Morgan fingerprint density at radius 3 is 1.83 bits per heavy atom. The van der Waals surface area contributed by atoms with E-state index in [2.05, 4.69) is 19.8 Å². The first-order valence-corrected chi connectivity index (χ1v) is 7.82. The van der Waals surface area contributed by atoms with Crippen LogP contribution in [0, 0.1) is 9.81 Å². The number of amides is 2. The molecule has 2 atom stereocenters. The number of carboxylic acids is 1. The number of nitroso groups, excluding NO2 is 2. The largest absolute Gasteiger partial charge is 0.480 e. The van der Waals surface area contributed by atoms with Crippen LogP contribution in [0.25, 0.3) is 0 Å². The van der Waals surface area contributed by atoms with Gasteiger partial charge in [-0.15, -0.1) is 9.81 Å². The molecule has 2 amide bonds. The van der Waals surface area contributed by atoms with Crippen molar-refractivity contribution in [2.45, 2.75) is 49.3 Å². The zero-order valence-corrected chi connectivity index (χ0v) is 14.6. The topological polar surface area (TPSA) is 154 Å². The van der Waals surface area contributed by atoms with Gasteiger partial charge in [-0.25, -0.2) is 4.79 Å². The standard InChI is InChI=1S/C11H18N4O6S2/c1-10(2,22-14-20)6(12-5-16)8(17)13-7(9(18)19)11(3,4)23-15-21/h5-7H,1-4H3,(H,12,16)(H,13,17)(H,18,19). The minimum atomic E-state index is -1.45. The van der Waals surface area contributed by atoms with Crippen molar-refractivity contribution in [3.05, 3.63) is 9.81 Å². The number of carboxylic acid groups (broad SMARTS) is 1. The van der Waals surface area contributed by atoms with E-state index < -0.39 is 33.5 Å². The molecule has 130 valence electrons. The highest BCUT2D eigenvalue weighted by molar-refractivity contribution is 7.99. The minimum absolute atomic E-state index is 0.264. The van der Waals surface area contributed by atoms with Crippen LogP contribution in [0.3, 0.4) is 0 Å². The van der Waals surface area contributed by atoms with Crippen LogP contribution in [0.1, 0.15) is 27.7 Å². The van der Waals surface area contributed by atoms with Gasteiger partial charge >= 0.3 is 5.97 Å². The third kappa shape index (κ3) is 6.14. The summed E-state index contributed by atoms with van der Waals surface area (Å²) in [6, 6.07) is -2.66. The Labute approximate surface area is 141 Å². The highest BCUT2D eigenvalue weighted by Gasteiger charge is 2.43. The zero-order valence-electron chi connectivity index (χ0n) is 12.9. The smallest absolute Gasteiger partial charge is 0.327 e. The molecule has 0 aromatic heterocycles. The molecular formula is C11H18N4O6S2. The first kappa shape index (κ1) is 21.3. The molecule has 2 unspecified atom stereocenters. The van der Waals surface area contributed by atoms with E-state index >= 15 is 0 Å². The molecule has 3 N–H and O–H groups in total. The quantitative estimate of drug-likeness (QED) is 0.278. The number of hydrogen-bond donors (Lipinski definition) is 3. The van der Waals surface area contributed by atoms with Crippen LogP contribution in [-0.4, -0.2) is 45.0 Å². The SMILES string of the molecule is CC(C)(SN=O)C(NC(=O)C(NC=O)C(C)(C)SN=O)C(=O)O. The van der Waals surface area contributed by atoms with E-state index in [1.165, 1.54) is 27.7 Å². The Balaban J connectivity index is 5.42. The van der Waals surface area contributed by atoms with Gasteiger partial charge in [-0.2, -0.15) is 0 Å². The normalized spacial score (nSPS) is 14.3. The fraction of sp³-hybridized carbons (Fsp3) is 0.727. The van der Waals surface area contributed by atoms with Crippen molar-refractivity contribution in [3.8, 4) is 0 Å². The lowest BCUT2D eigenvalue weighted by atomic mass is 9.99. The highest BCUT2D eigenvalue weighted by Crippen LogP contribution is 2.31. The van der Waals surface area contributed by atoms with Crippen LogP contribution < -0.4 is 10.6 Å². The van der Waals surface area contributed by atoms with Gasteiger partial charge in [0.25, 0.3) is 0 Å². The predicted molar refractivity (Wildman–Crippen MR) is 87.5 cm³/mol. The Bertz CT molecular complexity index is 485. The van der Waals surface area contributed by atoms with Crippen LogP contribution in [0.2, 0.25) is 0 Å². The monoisotopic (exact) mass is 366 g/mol. The van der Waals surface area contributed by atoms with E-state index in [4.69, 9.17) is 0 Å². The van der Waals surface area contributed by atoms with Gasteiger partial charge in [0.05, 0.1) is 9.49 Å². The lowest BCUT2D eigenvalue weighted by molar-refractivity contribution is -0.143. The second-order valence-electron chi connectivity index (χ2n) is 5.54. The molecule has 10 nitrogen and oxygen atoms in total. The van der Waals surface area contributed by atoms with Gasteiger partial charge in [0.2, 0.25) is 12.3 Å². The van der Waals surface area contributed by atoms with Gasteiger partial charge in [0.15, 0.2) is 0 Å². The molecule has 12 heteroatoms. The van der Waals surface area contributed by atoms with Crippen molar-refractivity contribution in [2.75, 3.05) is 0 Å². The molecule has 0 aromatic carbocycles. The fourth-order valence-electron chi connectivity index (χ4n) is 1.72. The number of carbonyl (C=O) groups is 3. The summed E-state index contributed by atoms with van der Waals surface area (Å²) in [6.07, 6.45) is 0.264. The van der Waals surface area contributed by atoms with Gasteiger partial charge in [0, 0.05) is 33.1 Å². The summed E-state index contributed by atoms with van der Waals surface area (Å²) < 4.78 is 2.89. The van der Waals surface area contributed by atoms with Crippen LogP contribution >= 0.6 is 23.9 Å². The summed E-state index contributed by atoms with van der Waals surface area (Å²) in [5.41, 5.74) is 0. The predicted octanol–water partition coefficient (Wildman–Crippen LogP) is 1.06. The maximum atomic E-state index is 12.3. The van der Waals surface area contributed by atoms with Gasteiger partial charge < -0.3 is 15.7 Å². The summed E-state index contributed by atoms with van der Waals surface area (Å²) in [7, 11) is 0. The van der Waals surface area contributed by atoms with Crippen LogP contribution in [0.4, 0.5) is 0 Å². The average molecular weight is 366 g/mol. The molecular weight excluding hydrogens is 348 g/mol. The van der Waals surface area contributed by atoms with Crippen molar-refractivity contribution in [3.63, 3.8) is 0 Å². The molecule has 0 radical (unpaired) electrons. The van der Waals surface area contributed by atoms with E-state index in [0.29, 0.717) is 23.9 Å². The van der Waals surface area contributed by atoms with E-state index in [-0.39, 0.29) is 6.41 Å². The van der Waals surface area contributed by atoms with Crippen molar-refractivity contribution in [1.82, 2.24) is 10.6 Å². The summed E-state index contributed by atoms with van der Waals surface area (Å²) in [5, 5.41) is 13.8. The van der Waals surface area contributed by atoms with Gasteiger partial charge in [0.1, 0.15) is 12.1 Å². The Kier molecular flexibility index (Phi) is 8.17. The maximum absolute atomic E-state index is 12.3. The van der Waals surface area contributed by atoms with Crippen molar-refractivity contribution >= 4 is 42.2 Å². The fourth-order valence-corrected chi connectivity index (χ4v) is 2.65. The number of hydrogen-bond acceptors (Lipinski definition) is 9. The van der Waals surface area contributed by atoms with E-state index in [1.54, 1.807) is 0 Å². The molecule has 0 fully saturated rings. The molecule has 0 saturated heterocycles. The lowest BCUT2D eigenvalue weighted by Gasteiger charge is -2.33. The van der Waals surface area contributed by atoms with E-state index in [1.807, 2.05) is 0 Å². The summed E-state index contributed by atoms with van der Waals surface area (Å²) in [5.74, 6) is -2.20. The van der Waals surface area contributed by atoms with Crippen LogP contribution in [0.15, 0.2) is 9.16 Å². The van der Waals surface area contributed by atoms with Gasteiger partial charge in [-0.1, -0.05) is 0 Å². The molecule has 0 aliphatic carbocycles. The van der Waals surface area contributed by atoms with E-state index in [0.717, 1.165) is 0 Å². The number of nitrogens with zero attached hydrogens (tertiary/aromatic N) is 2. The van der Waals surface area contributed by atoms with Crippen molar-refractivity contribution < 1.29 is 19.5 Å². The molecule has 23 heavy (non-hydrogen) atoms. The van der Waals surface area contributed by atoms with E-state index in [9.17, 15) is 29.3 Å². The number of carbonyl (C=O) groups excluding carboxylic acids is 2. The zero-order chi connectivity index (χ0) is 18.3. The molecule has 0 heterocycles. The Morgan fingerprint density at radius 2 is 1.48 bits per heavy atom. The van der Waals surface area contributed by atoms with Gasteiger partial charge in [-0.3, -0.25) is 9.59 Å². The molecule has 0 aromatic rings. The molecule has 0 bridgehead atoms. The molecule has 0 aliphatic rings. The first-order valence-electron chi connectivity index (χ1n) is 6.28. The van der Waals surface area contributed by atoms with Crippen molar-refractivity contribution in [2.24, 2.45) is 9.16 Å². The lowest BCUT2D eigenvalue weighted by Crippen LogP contribution is -2.60. The summed E-state index contributed by atoms with van der Waals surface area (Å²) in [4.78, 5) is 55.3. The third-order valence-electron chi connectivity index (χ3n) is 2.97. The number of nitrogens with one attached hydrogen (secondary N) is 2. The minimum Gasteiger partial charge on any atom is -0.480 e. The highest BCUT2D eigenvalue weighted by atomic mass is 32.2. The first-order chi connectivity index (χ1) is 10.5. The molecule has 0 saturated carbocycles. The average Bonchev–Trinajstić information content (AvgIpc) is 2.40. The number of rotatable bonds is 11. The second kappa shape index (κ2) is 8.82. The summed E-state index contributed by atoms with van der Waals surface area (Å²) >= 11 is 0.994. The van der Waals surface area contributed by atoms with Crippen LogP contribution in [0.5, 0.6) is 0 Å². The third-order valence-corrected chi connectivity index (χ3v) is 4.53. The van der Waals surface area contributed by atoms with Crippen molar-refractivity contribution in [1.29, 1.82) is 0 Å². The maximum Gasteiger partial charge on any atom is 0.327 e.